The van der Waals surface area contributed by atoms with Gasteiger partial charge in [0.15, 0.2) is 0 Å². The van der Waals surface area contributed by atoms with Crippen molar-refractivity contribution in [2.24, 2.45) is 5.10 Å². The second kappa shape index (κ2) is 8.77. The minimum absolute atomic E-state index is 0.0607. The van der Waals surface area contributed by atoms with E-state index in [0.717, 1.165) is 26.7 Å². The zero-order chi connectivity index (χ0) is 19.2. The molecule has 0 saturated carbocycles. The van der Waals surface area contributed by atoms with E-state index in [-0.39, 0.29) is 4.90 Å². The predicted octanol–water partition coefficient (Wildman–Crippen LogP) is 3.47. The first-order valence-electron chi connectivity index (χ1n) is 7.50. The number of esters is 1. The molecular weight excluding hydrogens is 420 g/mol. The van der Waals surface area contributed by atoms with Crippen molar-refractivity contribution < 1.29 is 17.9 Å². The van der Waals surface area contributed by atoms with E-state index in [1.807, 2.05) is 19.1 Å². The van der Waals surface area contributed by atoms with Crippen LogP contribution in [0.1, 0.15) is 11.1 Å². The van der Waals surface area contributed by atoms with E-state index < -0.39 is 16.0 Å². The van der Waals surface area contributed by atoms with E-state index in [1.165, 1.54) is 25.5 Å². The number of nitrogens with zero attached hydrogens (tertiary/aromatic N) is 2. The minimum atomic E-state index is -3.97. The number of ether oxygens (including phenoxy) is 1. The molecule has 0 radical (unpaired) electrons. The van der Waals surface area contributed by atoms with Gasteiger partial charge < -0.3 is 4.74 Å². The lowest BCUT2D eigenvalue weighted by Crippen LogP contribution is -2.21. The maximum atomic E-state index is 12.8. The van der Waals surface area contributed by atoms with Crippen molar-refractivity contribution in [2.75, 3.05) is 7.11 Å². The third-order valence-electron chi connectivity index (χ3n) is 3.30. The summed E-state index contributed by atoms with van der Waals surface area (Å²) in [6.45, 7) is 1.86. The Morgan fingerprint density at radius 1 is 1.12 bits per heavy atom. The number of carbonyl (C=O) groups is 1. The van der Waals surface area contributed by atoms with Gasteiger partial charge in [0.25, 0.3) is 10.0 Å². The standard InChI is InChI=1S/C18H17BrN2O4S/c1-14-3-9-17(10-4-14)26(23,24)21(12-11-18(22)25-2)20-13-15-5-7-16(19)8-6-15/h3-13H,1-2H3/b12-11-,20-13+. The first kappa shape index (κ1) is 19.9. The quantitative estimate of drug-likeness (QED) is 0.300. The Kier molecular flexibility index (Phi) is 6.70. The molecule has 0 amide bonds. The van der Waals surface area contributed by atoms with E-state index in [4.69, 9.17) is 0 Å². The van der Waals surface area contributed by atoms with Crippen molar-refractivity contribution >= 4 is 38.1 Å². The smallest absolute Gasteiger partial charge is 0.332 e. The molecule has 0 unspecified atom stereocenters. The zero-order valence-corrected chi connectivity index (χ0v) is 16.6. The Hall–Kier alpha value is -2.45. The van der Waals surface area contributed by atoms with Crippen LogP contribution < -0.4 is 0 Å². The average molecular weight is 437 g/mol. The summed E-state index contributed by atoms with van der Waals surface area (Å²) in [5.74, 6) is -0.687. The van der Waals surface area contributed by atoms with Crippen LogP contribution in [0.3, 0.4) is 0 Å². The Bertz CT molecular complexity index is 921. The van der Waals surface area contributed by atoms with Crippen LogP contribution in [-0.4, -0.2) is 32.1 Å². The molecule has 0 atom stereocenters. The predicted molar refractivity (Wildman–Crippen MR) is 103 cm³/mol. The fourth-order valence-electron chi connectivity index (χ4n) is 1.86. The third kappa shape index (κ3) is 5.27. The summed E-state index contributed by atoms with van der Waals surface area (Å²) in [6, 6.07) is 13.5. The molecule has 136 valence electrons. The lowest BCUT2D eigenvalue weighted by molar-refractivity contribution is -0.134. The Labute approximate surface area is 161 Å². The van der Waals surface area contributed by atoms with Gasteiger partial charge in [-0.25, -0.2) is 4.79 Å². The lowest BCUT2D eigenvalue weighted by atomic mass is 10.2. The molecular formula is C18H17BrN2O4S. The van der Waals surface area contributed by atoms with Gasteiger partial charge in [-0.15, -0.1) is 0 Å². The average Bonchev–Trinajstić information content (AvgIpc) is 2.63. The molecule has 2 aromatic rings. The van der Waals surface area contributed by atoms with Gasteiger partial charge in [0.1, 0.15) is 0 Å². The highest BCUT2D eigenvalue weighted by Gasteiger charge is 2.21. The van der Waals surface area contributed by atoms with Crippen LogP contribution in [0.5, 0.6) is 0 Å². The zero-order valence-electron chi connectivity index (χ0n) is 14.2. The second-order valence-electron chi connectivity index (χ2n) is 5.23. The van der Waals surface area contributed by atoms with Crippen LogP contribution in [0.2, 0.25) is 0 Å². The number of carbonyl (C=O) groups excluding carboxylic acids is 1. The fraction of sp³-hybridized carbons (Fsp3) is 0.111. The van der Waals surface area contributed by atoms with Crippen LogP contribution >= 0.6 is 15.9 Å². The van der Waals surface area contributed by atoms with E-state index in [0.29, 0.717) is 5.56 Å². The van der Waals surface area contributed by atoms with Crippen molar-refractivity contribution in [3.8, 4) is 0 Å². The summed E-state index contributed by atoms with van der Waals surface area (Å²) in [7, 11) is -2.76. The Balaban J connectivity index is 2.39. The van der Waals surface area contributed by atoms with Gasteiger partial charge in [-0.05, 0) is 36.8 Å². The van der Waals surface area contributed by atoms with Crippen molar-refractivity contribution in [1.29, 1.82) is 0 Å². The van der Waals surface area contributed by atoms with Gasteiger partial charge in [0, 0.05) is 16.7 Å². The highest BCUT2D eigenvalue weighted by Crippen LogP contribution is 2.18. The largest absolute Gasteiger partial charge is 0.466 e. The first-order chi connectivity index (χ1) is 12.3. The lowest BCUT2D eigenvalue weighted by Gasteiger charge is -2.15. The molecule has 0 N–H and O–H groups in total. The van der Waals surface area contributed by atoms with Gasteiger partial charge in [0.05, 0.1) is 18.2 Å². The highest BCUT2D eigenvalue weighted by atomic mass is 79.9. The molecule has 6 nitrogen and oxygen atoms in total. The Morgan fingerprint density at radius 2 is 1.73 bits per heavy atom. The van der Waals surface area contributed by atoms with Crippen LogP contribution in [0, 0.1) is 6.92 Å². The molecule has 26 heavy (non-hydrogen) atoms. The normalized spacial score (nSPS) is 11.8. The summed E-state index contributed by atoms with van der Waals surface area (Å²) in [5.41, 5.74) is 1.63. The van der Waals surface area contributed by atoms with Crippen LogP contribution in [0.4, 0.5) is 0 Å². The molecule has 0 aliphatic heterocycles. The number of methoxy groups -OCH3 is 1. The molecule has 0 heterocycles. The molecule has 0 spiro atoms. The molecule has 0 aliphatic carbocycles. The van der Waals surface area contributed by atoms with E-state index in [9.17, 15) is 13.2 Å². The molecule has 2 rings (SSSR count). The molecule has 0 saturated heterocycles. The van der Waals surface area contributed by atoms with Gasteiger partial charge in [0.2, 0.25) is 0 Å². The van der Waals surface area contributed by atoms with Gasteiger partial charge >= 0.3 is 5.97 Å². The summed E-state index contributed by atoms with van der Waals surface area (Å²) < 4.78 is 31.8. The van der Waals surface area contributed by atoms with Gasteiger partial charge in [-0.1, -0.05) is 45.8 Å². The second-order valence-corrected chi connectivity index (χ2v) is 7.94. The maximum Gasteiger partial charge on any atom is 0.332 e. The number of halogens is 1. The molecule has 0 aromatic heterocycles. The number of aryl methyl sites for hydroxylation is 1. The van der Waals surface area contributed by atoms with Crippen molar-refractivity contribution in [1.82, 2.24) is 4.41 Å². The monoisotopic (exact) mass is 436 g/mol. The molecule has 0 bridgehead atoms. The van der Waals surface area contributed by atoms with Crippen molar-refractivity contribution in [3.05, 3.63) is 76.4 Å². The molecule has 0 fully saturated rings. The van der Waals surface area contributed by atoms with Gasteiger partial charge in [-0.2, -0.15) is 17.9 Å². The number of sulfonamides is 1. The number of benzene rings is 2. The fourth-order valence-corrected chi connectivity index (χ4v) is 3.22. The maximum absolute atomic E-state index is 12.8. The van der Waals surface area contributed by atoms with Crippen molar-refractivity contribution in [2.45, 2.75) is 11.8 Å². The summed E-state index contributed by atoms with van der Waals surface area (Å²) in [4.78, 5) is 11.4. The summed E-state index contributed by atoms with van der Waals surface area (Å²) in [6.07, 6.45) is 3.43. The molecule has 2 aromatic carbocycles. The van der Waals surface area contributed by atoms with Crippen LogP contribution in [-0.2, 0) is 19.6 Å². The van der Waals surface area contributed by atoms with E-state index >= 15 is 0 Å². The van der Waals surface area contributed by atoms with Crippen molar-refractivity contribution in [3.63, 3.8) is 0 Å². The topological polar surface area (TPSA) is 76.0 Å². The van der Waals surface area contributed by atoms with Gasteiger partial charge in [-0.3, -0.25) is 0 Å². The minimum Gasteiger partial charge on any atom is -0.466 e. The SMILES string of the molecule is COC(=O)/C=C\N(/N=C/c1ccc(Br)cc1)S(=O)(=O)c1ccc(C)cc1. The molecule has 8 heteroatoms. The first-order valence-corrected chi connectivity index (χ1v) is 9.73. The third-order valence-corrected chi connectivity index (χ3v) is 5.40. The number of hydrogen-bond donors (Lipinski definition) is 0. The summed E-state index contributed by atoms with van der Waals surface area (Å²) in [5, 5.41) is 4.01. The Morgan fingerprint density at radius 3 is 2.31 bits per heavy atom. The number of hydrogen-bond acceptors (Lipinski definition) is 5. The van der Waals surface area contributed by atoms with Crippen LogP contribution in [0.25, 0.3) is 0 Å². The van der Waals surface area contributed by atoms with E-state index in [1.54, 1.807) is 24.3 Å². The molecule has 0 aliphatic rings. The highest BCUT2D eigenvalue weighted by molar-refractivity contribution is 9.10. The number of rotatable bonds is 6. The number of hydrazone groups is 1. The van der Waals surface area contributed by atoms with Crippen LogP contribution in [0.15, 0.2) is 75.3 Å². The summed E-state index contributed by atoms with van der Waals surface area (Å²) >= 11 is 3.33. The van der Waals surface area contributed by atoms with E-state index in [2.05, 4.69) is 25.8 Å².